The summed E-state index contributed by atoms with van der Waals surface area (Å²) in [4.78, 5) is 6.70. The van der Waals surface area contributed by atoms with E-state index < -0.39 is 0 Å². The summed E-state index contributed by atoms with van der Waals surface area (Å²) < 4.78 is 13.1. The number of hydrogen-bond acceptors (Lipinski definition) is 2. The van der Waals surface area contributed by atoms with Crippen molar-refractivity contribution in [1.29, 1.82) is 0 Å². The maximum atomic E-state index is 13.1. The van der Waals surface area contributed by atoms with Crippen molar-refractivity contribution in [3.05, 3.63) is 35.1 Å². The minimum Gasteiger partial charge on any atom is -0.356 e. The van der Waals surface area contributed by atoms with Crippen molar-refractivity contribution < 1.29 is 4.39 Å². The molecule has 1 saturated carbocycles. The van der Waals surface area contributed by atoms with E-state index in [1.54, 1.807) is 13.1 Å². The van der Waals surface area contributed by atoms with Gasteiger partial charge in [0, 0.05) is 32.2 Å². The third kappa shape index (κ3) is 5.50. The molecule has 0 aromatic heterocycles. The zero-order valence-corrected chi connectivity index (χ0v) is 14.7. The highest BCUT2D eigenvalue weighted by atomic mass is 19.1. The number of nitrogens with one attached hydrogen (secondary N) is 2. The van der Waals surface area contributed by atoms with E-state index in [0.717, 1.165) is 42.6 Å². The van der Waals surface area contributed by atoms with Crippen LogP contribution in [0.5, 0.6) is 0 Å². The molecule has 0 radical (unpaired) electrons. The van der Waals surface area contributed by atoms with Gasteiger partial charge in [0.15, 0.2) is 5.96 Å². The molecule has 1 aromatic carbocycles. The summed E-state index contributed by atoms with van der Waals surface area (Å²) in [6, 6.07) is 6.21. The van der Waals surface area contributed by atoms with Crippen LogP contribution in [0.15, 0.2) is 23.2 Å². The normalized spacial score (nSPS) is 16.5. The lowest BCUT2D eigenvalue weighted by Gasteiger charge is -2.25. The van der Waals surface area contributed by atoms with Gasteiger partial charge in [0.05, 0.1) is 0 Å². The molecule has 23 heavy (non-hydrogen) atoms. The third-order valence-electron chi connectivity index (χ3n) is 4.60. The Labute approximate surface area is 139 Å². The molecule has 1 aliphatic rings. The smallest absolute Gasteiger partial charge is 0.191 e. The van der Waals surface area contributed by atoms with Gasteiger partial charge in [-0.2, -0.15) is 0 Å². The summed E-state index contributed by atoms with van der Waals surface area (Å²) >= 11 is 0. The lowest BCUT2D eigenvalue weighted by atomic mass is 10.1. The molecule has 2 rings (SSSR count). The molecule has 0 spiro atoms. The minimum absolute atomic E-state index is 0.176. The van der Waals surface area contributed by atoms with Crippen LogP contribution in [0.2, 0.25) is 0 Å². The van der Waals surface area contributed by atoms with Gasteiger partial charge >= 0.3 is 0 Å². The molecule has 128 valence electrons. The number of aryl methyl sites for hydroxylation is 1. The summed E-state index contributed by atoms with van der Waals surface area (Å²) in [5, 5.41) is 6.71. The number of benzene rings is 1. The average molecular weight is 320 g/mol. The van der Waals surface area contributed by atoms with E-state index in [2.05, 4.69) is 34.5 Å². The van der Waals surface area contributed by atoms with Gasteiger partial charge < -0.3 is 10.6 Å². The fourth-order valence-electron chi connectivity index (χ4n) is 2.71. The quantitative estimate of drug-likeness (QED) is 0.598. The molecule has 5 heteroatoms. The Hall–Kier alpha value is -1.62. The molecule has 0 heterocycles. The second kappa shape index (κ2) is 8.29. The number of aliphatic imine (C=N–C) groups is 1. The van der Waals surface area contributed by atoms with Crippen molar-refractivity contribution in [2.45, 2.75) is 45.2 Å². The Balaban J connectivity index is 1.72. The second-order valence-corrected chi connectivity index (χ2v) is 6.45. The molecule has 1 fully saturated rings. The van der Waals surface area contributed by atoms with Crippen LogP contribution >= 0.6 is 0 Å². The Bertz CT molecular complexity index is 540. The highest BCUT2D eigenvalue weighted by Crippen LogP contribution is 2.26. The van der Waals surface area contributed by atoms with E-state index in [-0.39, 0.29) is 5.82 Å². The number of halogens is 1. The molecule has 1 aliphatic carbocycles. The Kier molecular flexibility index (Phi) is 6.39. The van der Waals surface area contributed by atoms with Gasteiger partial charge in [-0.1, -0.05) is 6.07 Å². The molecule has 1 atom stereocenters. The van der Waals surface area contributed by atoms with Crippen LogP contribution in [0, 0.1) is 12.7 Å². The molecule has 4 nitrogen and oxygen atoms in total. The van der Waals surface area contributed by atoms with Crippen LogP contribution in [0.3, 0.4) is 0 Å². The van der Waals surface area contributed by atoms with Crippen LogP contribution in [-0.2, 0) is 6.42 Å². The molecule has 0 aliphatic heterocycles. The van der Waals surface area contributed by atoms with Crippen LogP contribution in [-0.4, -0.2) is 50.1 Å². The van der Waals surface area contributed by atoms with Crippen molar-refractivity contribution in [1.82, 2.24) is 15.5 Å². The summed E-state index contributed by atoms with van der Waals surface area (Å²) in [6.07, 6.45) is 3.50. The van der Waals surface area contributed by atoms with Crippen molar-refractivity contribution in [2.24, 2.45) is 4.99 Å². The molecule has 0 saturated heterocycles. The summed E-state index contributed by atoms with van der Waals surface area (Å²) in [7, 11) is 3.98. The number of rotatable bonds is 7. The highest BCUT2D eigenvalue weighted by molar-refractivity contribution is 5.79. The van der Waals surface area contributed by atoms with Crippen molar-refractivity contribution in [3.8, 4) is 0 Å². The molecule has 0 bridgehead atoms. The predicted octanol–water partition coefficient (Wildman–Crippen LogP) is 2.32. The second-order valence-electron chi connectivity index (χ2n) is 6.45. The van der Waals surface area contributed by atoms with Crippen LogP contribution in [0.25, 0.3) is 0 Å². The number of guanidine groups is 1. The van der Waals surface area contributed by atoms with Gasteiger partial charge in [-0.3, -0.25) is 9.89 Å². The summed E-state index contributed by atoms with van der Waals surface area (Å²) in [5.41, 5.74) is 2.16. The Morgan fingerprint density at radius 3 is 2.74 bits per heavy atom. The van der Waals surface area contributed by atoms with E-state index >= 15 is 0 Å². The maximum absolute atomic E-state index is 13.1. The monoisotopic (exact) mass is 320 g/mol. The van der Waals surface area contributed by atoms with Crippen LogP contribution in [0.4, 0.5) is 4.39 Å². The van der Waals surface area contributed by atoms with E-state index in [1.807, 2.05) is 13.0 Å². The van der Waals surface area contributed by atoms with Crippen LogP contribution < -0.4 is 10.6 Å². The SMILES string of the molecule is CN=C(NCCc1ccc(F)cc1C)NCC(C)N(C)C1CC1. The average Bonchev–Trinajstić information content (AvgIpc) is 3.36. The summed E-state index contributed by atoms with van der Waals surface area (Å²) in [5.74, 6) is 0.645. The zero-order chi connectivity index (χ0) is 16.8. The lowest BCUT2D eigenvalue weighted by molar-refractivity contribution is 0.247. The van der Waals surface area contributed by atoms with Gasteiger partial charge in [-0.25, -0.2) is 4.39 Å². The first-order valence-corrected chi connectivity index (χ1v) is 8.42. The molecular formula is C18H29FN4. The molecule has 2 N–H and O–H groups in total. The third-order valence-corrected chi connectivity index (χ3v) is 4.60. The Morgan fingerprint density at radius 1 is 1.39 bits per heavy atom. The molecular weight excluding hydrogens is 291 g/mol. The van der Waals surface area contributed by atoms with E-state index in [0.29, 0.717) is 6.04 Å². The first-order valence-electron chi connectivity index (χ1n) is 8.42. The Morgan fingerprint density at radius 2 is 2.13 bits per heavy atom. The fourth-order valence-corrected chi connectivity index (χ4v) is 2.71. The largest absolute Gasteiger partial charge is 0.356 e. The predicted molar refractivity (Wildman–Crippen MR) is 94.5 cm³/mol. The van der Waals surface area contributed by atoms with Crippen molar-refractivity contribution >= 4 is 5.96 Å². The van der Waals surface area contributed by atoms with Crippen LogP contribution in [0.1, 0.15) is 30.9 Å². The highest BCUT2D eigenvalue weighted by Gasteiger charge is 2.28. The first kappa shape index (κ1) is 17.7. The van der Waals surface area contributed by atoms with Crippen molar-refractivity contribution in [2.75, 3.05) is 27.2 Å². The zero-order valence-electron chi connectivity index (χ0n) is 14.7. The first-order chi connectivity index (χ1) is 11.0. The molecule has 1 unspecified atom stereocenters. The fraction of sp³-hybridized carbons (Fsp3) is 0.611. The lowest BCUT2D eigenvalue weighted by Crippen LogP contribution is -2.45. The number of likely N-dealkylation sites (N-methyl/N-ethyl adjacent to an activating group) is 1. The van der Waals surface area contributed by atoms with E-state index in [9.17, 15) is 4.39 Å². The van der Waals surface area contributed by atoms with E-state index in [4.69, 9.17) is 0 Å². The molecule has 0 amide bonds. The van der Waals surface area contributed by atoms with Gasteiger partial charge in [0.1, 0.15) is 5.82 Å². The van der Waals surface area contributed by atoms with Crippen molar-refractivity contribution in [3.63, 3.8) is 0 Å². The van der Waals surface area contributed by atoms with Gasteiger partial charge in [-0.15, -0.1) is 0 Å². The number of hydrogen-bond donors (Lipinski definition) is 2. The molecule has 1 aromatic rings. The maximum Gasteiger partial charge on any atom is 0.191 e. The minimum atomic E-state index is -0.176. The standard InChI is InChI=1S/C18H29FN4/c1-13-11-16(19)6-5-15(13)9-10-21-18(20-3)22-12-14(2)23(4)17-7-8-17/h5-6,11,14,17H,7-10,12H2,1-4H3,(H2,20,21,22). The van der Waals surface area contributed by atoms with Gasteiger partial charge in [0.25, 0.3) is 0 Å². The topological polar surface area (TPSA) is 39.7 Å². The summed E-state index contributed by atoms with van der Waals surface area (Å²) in [6.45, 7) is 5.84. The van der Waals surface area contributed by atoms with Gasteiger partial charge in [0.2, 0.25) is 0 Å². The number of nitrogens with zero attached hydrogens (tertiary/aromatic N) is 2. The van der Waals surface area contributed by atoms with E-state index in [1.165, 1.54) is 18.9 Å². The van der Waals surface area contributed by atoms with Gasteiger partial charge in [-0.05, 0) is 63.4 Å².